The van der Waals surface area contributed by atoms with Gasteiger partial charge in [0.25, 0.3) is 10.0 Å². The molecule has 1 aromatic heterocycles. The van der Waals surface area contributed by atoms with Crippen molar-refractivity contribution in [3.63, 3.8) is 0 Å². The first-order chi connectivity index (χ1) is 16.0. The number of amides is 1. The molecule has 3 aromatic rings. The Bertz CT molecular complexity index is 1340. The van der Waals surface area contributed by atoms with Crippen molar-refractivity contribution in [1.29, 1.82) is 0 Å². The van der Waals surface area contributed by atoms with Gasteiger partial charge < -0.3 is 5.32 Å². The van der Waals surface area contributed by atoms with E-state index in [0.29, 0.717) is 17.1 Å². The summed E-state index contributed by atoms with van der Waals surface area (Å²) in [5.41, 5.74) is 2.00. The van der Waals surface area contributed by atoms with Crippen LogP contribution in [-0.4, -0.2) is 40.0 Å². The third-order valence-electron chi connectivity index (χ3n) is 4.96. The summed E-state index contributed by atoms with van der Waals surface area (Å²) in [5.74, 6) is -0.530. The summed E-state index contributed by atoms with van der Waals surface area (Å²) in [6.45, 7) is 3.60. The molecule has 1 heterocycles. The highest BCUT2D eigenvalue weighted by molar-refractivity contribution is 7.92. The molecule has 34 heavy (non-hydrogen) atoms. The van der Waals surface area contributed by atoms with Crippen LogP contribution < -0.4 is 14.3 Å². The summed E-state index contributed by atoms with van der Waals surface area (Å²) < 4.78 is 53.8. The zero-order valence-electron chi connectivity index (χ0n) is 19.0. The third kappa shape index (κ3) is 6.12. The molecule has 0 saturated carbocycles. The fourth-order valence-electron chi connectivity index (χ4n) is 3.33. The first kappa shape index (κ1) is 25.2. The molecule has 0 aliphatic heterocycles. The van der Waals surface area contributed by atoms with Gasteiger partial charge in [-0.15, -0.1) is 0 Å². The maximum atomic E-state index is 13.0. The average molecular weight is 503 g/mol. The van der Waals surface area contributed by atoms with E-state index >= 15 is 0 Å². The molecule has 0 saturated heterocycles. The Kier molecular flexibility index (Phi) is 7.57. The van der Waals surface area contributed by atoms with Crippen molar-refractivity contribution in [3.8, 4) is 0 Å². The molecule has 0 bridgehead atoms. The van der Waals surface area contributed by atoms with Gasteiger partial charge in [0.05, 0.1) is 28.7 Å². The van der Waals surface area contributed by atoms with E-state index in [0.717, 1.165) is 16.1 Å². The SMILES string of the molecule is CC[C@H](C(=O)Nc1ccc(S(=O)(=O)Nc2cccnc2)cc1)N(c1ccc(C)cc1)S(C)(=O)=O. The van der Waals surface area contributed by atoms with Gasteiger partial charge in [-0.25, -0.2) is 16.8 Å². The standard InChI is InChI=1S/C23H26N4O5S2/c1-4-22(27(33(3,29)30)20-11-7-17(2)8-12-20)23(28)25-18-9-13-21(14-10-18)34(31,32)26-19-6-5-15-24-16-19/h5-16,22,26H,4H2,1-3H3,(H,25,28)/t22-/m1/s1. The number of nitrogens with zero attached hydrogens (tertiary/aromatic N) is 2. The van der Waals surface area contributed by atoms with Gasteiger partial charge in [0, 0.05) is 11.9 Å². The van der Waals surface area contributed by atoms with Crippen molar-refractivity contribution in [2.45, 2.75) is 31.2 Å². The zero-order chi connectivity index (χ0) is 24.9. The van der Waals surface area contributed by atoms with Gasteiger partial charge in [-0.2, -0.15) is 0 Å². The molecule has 0 unspecified atom stereocenters. The van der Waals surface area contributed by atoms with E-state index < -0.39 is 32.0 Å². The highest BCUT2D eigenvalue weighted by Gasteiger charge is 2.31. The van der Waals surface area contributed by atoms with Crippen molar-refractivity contribution in [2.24, 2.45) is 0 Å². The zero-order valence-corrected chi connectivity index (χ0v) is 20.6. The van der Waals surface area contributed by atoms with Crippen LogP contribution in [-0.2, 0) is 24.8 Å². The summed E-state index contributed by atoms with van der Waals surface area (Å²) in [5, 5.41) is 2.68. The van der Waals surface area contributed by atoms with Crippen molar-refractivity contribution in [1.82, 2.24) is 4.98 Å². The predicted molar refractivity (Wildman–Crippen MR) is 133 cm³/mol. The third-order valence-corrected chi connectivity index (χ3v) is 7.54. The molecule has 1 amide bonds. The van der Waals surface area contributed by atoms with Crippen LogP contribution in [0.1, 0.15) is 18.9 Å². The normalized spacial score (nSPS) is 12.6. The molecule has 2 aromatic carbocycles. The Morgan fingerprint density at radius 1 is 0.971 bits per heavy atom. The molecular weight excluding hydrogens is 476 g/mol. The minimum atomic E-state index is -3.84. The van der Waals surface area contributed by atoms with E-state index in [9.17, 15) is 21.6 Å². The average Bonchev–Trinajstić information content (AvgIpc) is 2.78. The number of rotatable bonds is 9. The topological polar surface area (TPSA) is 126 Å². The van der Waals surface area contributed by atoms with Crippen LogP contribution in [0.3, 0.4) is 0 Å². The van der Waals surface area contributed by atoms with E-state index in [4.69, 9.17) is 0 Å². The van der Waals surface area contributed by atoms with Crippen molar-refractivity contribution < 1.29 is 21.6 Å². The molecule has 3 rings (SSSR count). The van der Waals surface area contributed by atoms with Crippen LogP contribution in [0.2, 0.25) is 0 Å². The van der Waals surface area contributed by atoms with E-state index in [2.05, 4.69) is 15.0 Å². The van der Waals surface area contributed by atoms with E-state index in [-0.39, 0.29) is 11.3 Å². The summed E-state index contributed by atoms with van der Waals surface area (Å²) in [4.78, 5) is 16.9. The molecule has 0 spiro atoms. The Morgan fingerprint density at radius 3 is 2.15 bits per heavy atom. The Labute approximate surface area is 199 Å². The number of aromatic nitrogens is 1. The summed E-state index contributed by atoms with van der Waals surface area (Å²) in [7, 11) is -7.60. The largest absolute Gasteiger partial charge is 0.324 e. The molecule has 2 N–H and O–H groups in total. The molecule has 0 fully saturated rings. The number of benzene rings is 2. The quantitative estimate of drug-likeness (QED) is 0.462. The second-order valence-electron chi connectivity index (χ2n) is 7.68. The lowest BCUT2D eigenvalue weighted by Crippen LogP contribution is -2.47. The van der Waals surface area contributed by atoms with Gasteiger partial charge in [0.1, 0.15) is 6.04 Å². The number of hydrogen-bond acceptors (Lipinski definition) is 6. The number of aryl methyl sites for hydroxylation is 1. The van der Waals surface area contributed by atoms with Crippen LogP contribution in [0, 0.1) is 6.92 Å². The van der Waals surface area contributed by atoms with E-state index in [1.165, 1.54) is 36.7 Å². The smallest absolute Gasteiger partial charge is 0.261 e. The van der Waals surface area contributed by atoms with Gasteiger partial charge in [-0.1, -0.05) is 24.6 Å². The van der Waals surface area contributed by atoms with Gasteiger partial charge in [0.15, 0.2) is 0 Å². The Balaban J connectivity index is 1.79. The van der Waals surface area contributed by atoms with Crippen LogP contribution in [0.15, 0.2) is 78.0 Å². The predicted octanol–water partition coefficient (Wildman–Crippen LogP) is 3.37. The number of carbonyl (C=O) groups is 1. The van der Waals surface area contributed by atoms with Crippen molar-refractivity contribution in [2.75, 3.05) is 20.6 Å². The number of pyridine rings is 1. The van der Waals surface area contributed by atoms with Crippen LogP contribution >= 0.6 is 0 Å². The maximum Gasteiger partial charge on any atom is 0.261 e. The number of nitrogens with one attached hydrogen (secondary N) is 2. The first-order valence-corrected chi connectivity index (χ1v) is 13.7. The molecule has 0 aliphatic carbocycles. The maximum absolute atomic E-state index is 13.0. The molecular formula is C23H26N4O5S2. The Morgan fingerprint density at radius 2 is 1.62 bits per heavy atom. The van der Waals surface area contributed by atoms with Gasteiger partial charge in [-0.3, -0.25) is 18.8 Å². The Hall–Kier alpha value is -3.44. The molecule has 0 radical (unpaired) electrons. The van der Waals surface area contributed by atoms with Crippen LogP contribution in [0.4, 0.5) is 17.1 Å². The van der Waals surface area contributed by atoms with Gasteiger partial charge in [-0.05, 0) is 61.9 Å². The van der Waals surface area contributed by atoms with Crippen LogP contribution in [0.5, 0.6) is 0 Å². The van der Waals surface area contributed by atoms with Gasteiger partial charge in [0.2, 0.25) is 15.9 Å². The van der Waals surface area contributed by atoms with Crippen molar-refractivity contribution in [3.05, 3.63) is 78.6 Å². The molecule has 0 aliphatic rings. The van der Waals surface area contributed by atoms with Crippen molar-refractivity contribution >= 4 is 43.0 Å². The second-order valence-corrected chi connectivity index (χ2v) is 11.2. The lowest BCUT2D eigenvalue weighted by atomic mass is 10.1. The fraction of sp³-hybridized carbons (Fsp3) is 0.217. The summed E-state index contributed by atoms with van der Waals surface area (Å²) >= 11 is 0. The second kappa shape index (κ2) is 10.2. The molecule has 1 atom stereocenters. The number of hydrogen-bond donors (Lipinski definition) is 2. The first-order valence-electron chi connectivity index (χ1n) is 10.4. The lowest BCUT2D eigenvalue weighted by Gasteiger charge is -2.30. The lowest BCUT2D eigenvalue weighted by molar-refractivity contribution is -0.117. The molecule has 9 nitrogen and oxygen atoms in total. The number of carbonyl (C=O) groups excluding carboxylic acids is 1. The number of anilines is 3. The van der Waals surface area contributed by atoms with Gasteiger partial charge >= 0.3 is 0 Å². The van der Waals surface area contributed by atoms with E-state index in [1.807, 2.05) is 6.92 Å². The van der Waals surface area contributed by atoms with Crippen LogP contribution in [0.25, 0.3) is 0 Å². The molecule has 11 heteroatoms. The summed E-state index contributed by atoms with van der Waals surface area (Å²) in [6, 6.07) is 14.6. The van der Waals surface area contributed by atoms with E-state index in [1.54, 1.807) is 43.3 Å². The minimum Gasteiger partial charge on any atom is -0.324 e. The minimum absolute atomic E-state index is 0.00110. The number of sulfonamides is 2. The fourth-order valence-corrected chi connectivity index (χ4v) is 5.59. The summed E-state index contributed by atoms with van der Waals surface area (Å²) in [6.07, 6.45) is 4.20. The highest BCUT2D eigenvalue weighted by Crippen LogP contribution is 2.24. The monoisotopic (exact) mass is 502 g/mol. The molecule has 180 valence electrons. The highest BCUT2D eigenvalue weighted by atomic mass is 32.2.